The summed E-state index contributed by atoms with van der Waals surface area (Å²) in [5, 5.41) is 0. The first-order chi connectivity index (χ1) is 17.4. The van der Waals surface area contributed by atoms with E-state index in [1.54, 1.807) is 31.3 Å². The number of nitrogens with zero attached hydrogens (tertiary/aromatic N) is 4. The summed E-state index contributed by atoms with van der Waals surface area (Å²) in [7, 11) is 1.98. The Morgan fingerprint density at radius 3 is 2.64 bits per heavy atom. The molecule has 0 amide bonds. The molecule has 1 saturated heterocycles. The minimum atomic E-state index is -0.941. The van der Waals surface area contributed by atoms with Crippen molar-refractivity contribution in [3.05, 3.63) is 60.8 Å². The van der Waals surface area contributed by atoms with Crippen LogP contribution in [-0.4, -0.2) is 58.8 Å². The van der Waals surface area contributed by atoms with Gasteiger partial charge >= 0.3 is 5.97 Å². The summed E-state index contributed by atoms with van der Waals surface area (Å²) in [5.74, 6) is 0.283. The summed E-state index contributed by atoms with van der Waals surface area (Å²) in [6.45, 7) is 5.60. The first-order valence-corrected chi connectivity index (χ1v) is 11.8. The normalized spacial score (nSPS) is 21.7. The average molecular weight is 494 g/mol. The van der Waals surface area contributed by atoms with Crippen LogP contribution in [0.4, 0.5) is 10.3 Å². The monoisotopic (exact) mass is 493 g/mol. The van der Waals surface area contributed by atoms with Gasteiger partial charge in [-0.1, -0.05) is 12.7 Å². The number of halogens is 1. The van der Waals surface area contributed by atoms with Gasteiger partial charge < -0.3 is 24.1 Å². The van der Waals surface area contributed by atoms with Crippen LogP contribution in [-0.2, 0) is 19.0 Å². The number of carbonyl (C=O) groups is 1. The summed E-state index contributed by atoms with van der Waals surface area (Å²) in [4.78, 5) is 31.7. The smallest absolute Gasteiger partial charge is 0.316 e. The standard InChI is InChI=1S/C26H28FN5O4/c1-4-13-34-24(33)26(2)14-35-23(36-15-26)22-30-20(16-5-7-17(27)8-6-16)21(31-22)19-11-12-28-25(29-19)32(3)18-9-10-18/h4-8,11-12,18,23H,1,9-10,13-15H2,2-3H3,(H,30,31). The molecule has 1 N–H and O–H groups in total. The van der Waals surface area contributed by atoms with Crippen LogP contribution in [0.25, 0.3) is 22.6 Å². The van der Waals surface area contributed by atoms with Crippen molar-refractivity contribution in [1.29, 1.82) is 0 Å². The fourth-order valence-corrected chi connectivity index (χ4v) is 3.98. The van der Waals surface area contributed by atoms with Crippen molar-refractivity contribution in [2.75, 3.05) is 31.8 Å². The molecule has 0 unspecified atom stereocenters. The van der Waals surface area contributed by atoms with E-state index in [0.29, 0.717) is 40.5 Å². The maximum atomic E-state index is 13.6. The molecule has 0 atom stereocenters. The maximum absolute atomic E-state index is 13.6. The first-order valence-electron chi connectivity index (χ1n) is 11.8. The number of ether oxygens (including phenoxy) is 3. The fourth-order valence-electron chi connectivity index (χ4n) is 3.98. The molecule has 10 heteroatoms. The van der Waals surface area contributed by atoms with Gasteiger partial charge in [0.05, 0.1) is 30.3 Å². The van der Waals surface area contributed by atoms with Gasteiger partial charge in [-0.05, 0) is 50.1 Å². The number of aromatic nitrogens is 4. The van der Waals surface area contributed by atoms with Crippen molar-refractivity contribution in [2.45, 2.75) is 32.1 Å². The van der Waals surface area contributed by atoms with Gasteiger partial charge in [0.15, 0.2) is 5.82 Å². The Morgan fingerprint density at radius 2 is 1.97 bits per heavy atom. The lowest BCUT2D eigenvalue weighted by Gasteiger charge is -2.34. The van der Waals surface area contributed by atoms with Gasteiger partial charge in [0, 0.05) is 24.8 Å². The van der Waals surface area contributed by atoms with Gasteiger partial charge in [-0.25, -0.2) is 19.3 Å². The van der Waals surface area contributed by atoms with Gasteiger partial charge in [0.2, 0.25) is 12.2 Å². The topological polar surface area (TPSA) is 102 Å². The molecule has 5 rings (SSSR count). The average Bonchev–Trinajstić information content (AvgIpc) is 3.66. The molecule has 0 spiro atoms. The van der Waals surface area contributed by atoms with Crippen LogP contribution in [0.3, 0.4) is 0 Å². The number of H-pyrrole nitrogens is 1. The van der Waals surface area contributed by atoms with Crippen LogP contribution < -0.4 is 4.90 Å². The van der Waals surface area contributed by atoms with Crippen molar-refractivity contribution in [2.24, 2.45) is 5.41 Å². The Morgan fingerprint density at radius 1 is 1.25 bits per heavy atom. The van der Waals surface area contributed by atoms with E-state index in [0.717, 1.165) is 12.8 Å². The number of rotatable bonds is 8. The zero-order valence-corrected chi connectivity index (χ0v) is 20.2. The van der Waals surface area contributed by atoms with Gasteiger partial charge in [0.25, 0.3) is 0 Å². The molecule has 0 bridgehead atoms. The van der Waals surface area contributed by atoms with Crippen LogP contribution >= 0.6 is 0 Å². The van der Waals surface area contributed by atoms with Crippen molar-refractivity contribution in [1.82, 2.24) is 19.9 Å². The number of hydrogen-bond donors (Lipinski definition) is 1. The minimum absolute atomic E-state index is 0.0966. The van der Waals surface area contributed by atoms with Crippen molar-refractivity contribution < 1.29 is 23.4 Å². The Labute approximate surface area is 208 Å². The highest BCUT2D eigenvalue weighted by molar-refractivity contribution is 5.78. The fraction of sp³-hybridized carbons (Fsp3) is 0.385. The molecule has 0 radical (unpaired) electrons. The van der Waals surface area contributed by atoms with E-state index >= 15 is 0 Å². The quantitative estimate of drug-likeness (QED) is 0.370. The molecule has 3 heterocycles. The molecular formula is C26H28FN5O4. The number of esters is 1. The third kappa shape index (κ3) is 4.87. The van der Waals surface area contributed by atoms with Crippen LogP contribution in [0, 0.1) is 11.2 Å². The Balaban J connectivity index is 1.45. The molecule has 9 nitrogen and oxygen atoms in total. The lowest BCUT2D eigenvalue weighted by molar-refractivity contribution is -0.238. The van der Waals surface area contributed by atoms with E-state index in [9.17, 15) is 9.18 Å². The Hall–Kier alpha value is -3.63. The van der Waals surface area contributed by atoms with E-state index in [4.69, 9.17) is 24.2 Å². The highest BCUT2D eigenvalue weighted by Gasteiger charge is 2.42. The minimum Gasteiger partial charge on any atom is -0.461 e. The number of benzene rings is 1. The summed E-state index contributed by atoms with van der Waals surface area (Å²) < 4.78 is 30.6. The first kappa shape index (κ1) is 24.1. The van der Waals surface area contributed by atoms with Crippen LogP contribution in [0.15, 0.2) is 49.2 Å². The number of nitrogens with one attached hydrogen (secondary N) is 1. The molecular weight excluding hydrogens is 465 g/mol. The van der Waals surface area contributed by atoms with E-state index in [2.05, 4.69) is 21.4 Å². The van der Waals surface area contributed by atoms with E-state index in [1.165, 1.54) is 18.2 Å². The van der Waals surface area contributed by atoms with Gasteiger partial charge in [-0.3, -0.25) is 4.79 Å². The molecule has 188 valence electrons. The van der Waals surface area contributed by atoms with E-state index < -0.39 is 17.7 Å². The molecule has 2 aromatic heterocycles. The zero-order chi connectivity index (χ0) is 25.3. The number of imidazole rings is 1. The van der Waals surface area contributed by atoms with Crippen LogP contribution in [0.1, 0.15) is 31.9 Å². The van der Waals surface area contributed by atoms with Crippen molar-refractivity contribution in [3.63, 3.8) is 0 Å². The molecule has 1 aromatic carbocycles. The Bertz CT molecular complexity index is 1250. The lowest BCUT2D eigenvalue weighted by atomic mass is 9.92. The number of hydrogen-bond acceptors (Lipinski definition) is 8. The van der Waals surface area contributed by atoms with Crippen molar-refractivity contribution in [3.8, 4) is 22.6 Å². The van der Waals surface area contributed by atoms with E-state index in [1.807, 2.05) is 7.05 Å². The molecule has 1 aliphatic carbocycles. The maximum Gasteiger partial charge on any atom is 0.316 e. The summed E-state index contributed by atoms with van der Waals surface area (Å²) >= 11 is 0. The highest BCUT2D eigenvalue weighted by Crippen LogP contribution is 2.36. The second kappa shape index (κ2) is 9.79. The predicted molar refractivity (Wildman–Crippen MR) is 130 cm³/mol. The van der Waals surface area contributed by atoms with Gasteiger partial charge in [-0.15, -0.1) is 0 Å². The van der Waals surface area contributed by atoms with Crippen LogP contribution in [0.2, 0.25) is 0 Å². The second-order valence-corrected chi connectivity index (χ2v) is 9.34. The summed E-state index contributed by atoms with van der Waals surface area (Å²) in [6, 6.07) is 8.33. The second-order valence-electron chi connectivity index (χ2n) is 9.34. The van der Waals surface area contributed by atoms with Gasteiger partial charge in [0.1, 0.15) is 17.8 Å². The van der Waals surface area contributed by atoms with Crippen LogP contribution in [0.5, 0.6) is 0 Å². The zero-order valence-electron chi connectivity index (χ0n) is 20.2. The molecule has 1 saturated carbocycles. The highest BCUT2D eigenvalue weighted by atomic mass is 19.1. The molecule has 2 fully saturated rings. The summed E-state index contributed by atoms with van der Waals surface area (Å²) in [6.07, 6.45) is 4.63. The third-order valence-corrected chi connectivity index (χ3v) is 6.30. The van der Waals surface area contributed by atoms with Crippen molar-refractivity contribution >= 4 is 11.9 Å². The molecule has 2 aliphatic rings. The largest absolute Gasteiger partial charge is 0.461 e. The predicted octanol–water partition coefficient (Wildman–Crippen LogP) is 4.05. The Kier molecular flexibility index (Phi) is 6.55. The number of anilines is 1. The summed E-state index contributed by atoms with van der Waals surface area (Å²) in [5.41, 5.74) is 1.62. The third-order valence-electron chi connectivity index (χ3n) is 6.30. The molecule has 3 aromatic rings. The molecule has 36 heavy (non-hydrogen) atoms. The number of aromatic amines is 1. The van der Waals surface area contributed by atoms with E-state index in [-0.39, 0.29) is 25.6 Å². The molecule has 1 aliphatic heterocycles. The van der Waals surface area contributed by atoms with Gasteiger partial charge in [-0.2, -0.15) is 0 Å². The number of carbonyl (C=O) groups excluding carboxylic acids is 1. The SMILES string of the molecule is C=CCOC(=O)C1(C)COC(c2nc(-c3ccc(F)cc3)c(-c3ccnc(N(C)C4CC4)n3)[nH]2)OC1. The lowest BCUT2D eigenvalue weighted by Crippen LogP contribution is -2.43.